The van der Waals surface area contributed by atoms with Crippen molar-refractivity contribution < 1.29 is 4.39 Å². The van der Waals surface area contributed by atoms with Crippen molar-refractivity contribution in [2.75, 3.05) is 37.7 Å². The first-order valence-electron chi connectivity index (χ1n) is 6.20. The van der Waals surface area contributed by atoms with Crippen molar-refractivity contribution in [2.24, 2.45) is 0 Å². The minimum absolute atomic E-state index is 0.271. The topological polar surface area (TPSA) is 15.3 Å². The molecule has 5 heteroatoms. The lowest BCUT2D eigenvalue weighted by molar-refractivity contribution is 0.301. The molecule has 2 rings (SSSR count). The Bertz CT molecular complexity index is 363. The van der Waals surface area contributed by atoms with Gasteiger partial charge in [-0.25, -0.2) is 4.39 Å². The fourth-order valence-electron chi connectivity index (χ4n) is 2.01. The molecule has 0 radical (unpaired) electrons. The maximum atomic E-state index is 13.1. The quantitative estimate of drug-likeness (QED) is 0.839. The van der Waals surface area contributed by atoms with E-state index in [1.165, 1.54) is 36.7 Å². The molecule has 0 saturated carbocycles. The summed E-state index contributed by atoms with van der Waals surface area (Å²) in [6, 6.07) is 4.65. The molecule has 18 heavy (non-hydrogen) atoms. The molecule has 1 aliphatic rings. The number of benzene rings is 1. The molecule has 1 N–H and O–H groups in total. The molecule has 1 aromatic rings. The molecule has 2 nitrogen and oxygen atoms in total. The summed E-state index contributed by atoms with van der Waals surface area (Å²) in [6.07, 6.45) is 0. The minimum atomic E-state index is -0.271. The molecule has 0 atom stereocenters. The molecule has 0 aliphatic carbocycles. The second kappa shape index (κ2) is 7.34. The lowest BCUT2D eigenvalue weighted by Gasteiger charge is -2.26. The Hall–Kier alpha value is -0.290. The molecule has 1 heterocycles. The number of hydrogen-bond acceptors (Lipinski definition) is 3. The smallest absolute Gasteiger partial charge is 0.125 e. The van der Waals surface area contributed by atoms with E-state index >= 15 is 0 Å². The van der Waals surface area contributed by atoms with E-state index in [4.69, 9.17) is 11.6 Å². The van der Waals surface area contributed by atoms with Crippen molar-refractivity contribution in [2.45, 2.75) is 6.54 Å². The SMILES string of the molecule is Fc1cc(Cl)cc(CNCCN2CCSCC2)c1. The Kier molecular flexibility index (Phi) is 5.76. The van der Waals surface area contributed by atoms with E-state index in [1.54, 1.807) is 6.07 Å². The number of thioether (sulfide) groups is 1. The van der Waals surface area contributed by atoms with Crippen LogP contribution in [-0.2, 0) is 6.54 Å². The monoisotopic (exact) mass is 288 g/mol. The van der Waals surface area contributed by atoms with Gasteiger partial charge in [0.25, 0.3) is 0 Å². The number of halogens is 2. The van der Waals surface area contributed by atoms with Gasteiger partial charge < -0.3 is 10.2 Å². The highest BCUT2D eigenvalue weighted by atomic mass is 35.5. The predicted octanol–water partition coefficient (Wildman–Crippen LogP) is 2.62. The Balaban J connectivity index is 1.68. The highest BCUT2D eigenvalue weighted by Gasteiger charge is 2.09. The third kappa shape index (κ3) is 4.76. The van der Waals surface area contributed by atoms with E-state index in [0.717, 1.165) is 18.7 Å². The predicted molar refractivity (Wildman–Crippen MR) is 76.9 cm³/mol. The highest BCUT2D eigenvalue weighted by Crippen LogP contribution is 2.13. The summed E-state index contributed by atoms with van der Waals surface area (Å²) in [5.41, 5.74) is 0.897. The van der Waals surface area contributed by atoms with Crippen LogP contribution < -0.4 is 5.32 Å². The summed E-state index contributed by atoms with van der Waals surface area (Å²) >= 11 is 7.83. The average Bonchev–Trinajstić information content (AvgIpc) is 2.35. The first-order chi connectivity index (χ1) is 8.74. The standard InChI is InChI=1S/C13H18ClFN2S/c14-12-7-11(8-13(15)9-12)10-16-1-2-17-3-5-18-6-4-17/h7-9,16H,1-6,10H2. The van der Waals surface area contributed by atoms with Crippen LogP contribution in [0.3, 0.4) is 0 Å². The van der Waals surface area contributed by atoms with Gasteiger partial charge in [0, 0.05) is 49.3 Å². The molecule has 0 bridgehead atoms. The zero-order chi connectivity index (χ0) is 12.8. The molecule has 0 unspecified atom stereocenters. The second-order valence-electron chi connectivity index (χ2n) is 4.41. The fourth-order valence-corrected chi connectivity index (χ4v) is 3.23. The zero-order valence-corrected chi connectivity index (χ0v) is 11.9. The first kappa shape index (κ1) is 14.1. The number of rotatable bonds is 5. The van der Waals surface area contributed by atoms with Crippen molar-refractivity contribution in [3.05, 3.63) is 34.6 Å². The van der Waals surface area contributed by atoms with Gasteiger partial charge in [-0.05, 0) is 23.8 Å². The molecular formula is C13H18ClFN2S. The van der Waals surface area contributed by atoms with Gasteiger partial charge >= 0.3 is 0 Å². The van der Waals surface area contributed by atoms with Gasteiger partial charge in [-0.3, -0.25) is 0 Å². The highest BCUT2D eigenvalue weighted by molar-refractivity contribution is 7.99. The Morgan fingerprint density at radius 2 is 2.06 bits per heavy atom. The molecule has 0 spiro atoms. The van der Waals surface area contributed by atoms with Crippen LogP contribution in [0.4, 0.5) is 4.39 Å². The summed E-state index contributed by atoms with van der Waals surface area (Å²) < 4.78 is 13.1. The van der Waals surface area contributed by atoms with Gasteiger partial charge in [0.1, 0.15) is 5.82 Å². The Morgan fingerprint density at radius 3 is 2.78 bits per heavy atom. The van der Waals surface area contributed by atoms with Crippen molar-refractivity contribution in [3.8, 4) is 0 Å². The summed E-state index contributed by atoms with van der Waals surface area (Å²) in [4.78, 5) is 2.46. The largest absolute Gasteiger partial charge is 0.311 e. The van der Waals surface area contributed by atoms with Crippen LogP contribution in [0.15, 0.2) is 18.2 Å². The lowest BCUT2D eigenvalue weighted by Crippen LogP contribution is -2.37. The van der Waals surface area contributed by atoms with Crippen LogP contribution in [0, 0.1) is 5.82 Å². The molecule has 0 aromatic heterocycles. The van der Waals surface area contributed by atoms with E-state index < -0.39 is 0 Å². The van der Waals surface area contributed by atoms with Crippen LogP contribution in [0.1, 0.15) is 5.56 Å². The normalized spacial score (nSPS) is 17.0. The number of nitrogens with zero attached hydrogens (tertiary/aromatic N) is 1. The van der Waals surface area contributed by atoms with Gasteiger partial charge in [-0.15, -0.1) is 0 Å². The molecule has 1 aromatic carbocycles. The third-order valence-corrected chi connectivity index (χ3v) is 4.12. The summed E-state index contributed by atoms with van der Waals surface area (Å²) in [5, 5.41) is 3.79. The van der Waals surface area contributed by atoms with E-state index in [-0.39, 0.29) is 5.82 Å². The summed E-state index contributed by atoms with van der Waals surface area (Å²) in [5.74, 6) is 2.20. The minimum Gasteiger partial charge on any atom is -0.311 e. The molecule has 100 valence electrons. The number of nitrogens with one attached hydrogen (secondary N) is 1. The maximum absolute atomic E-state index is 13.1. The van der Waals surface area contributed by atoms with E-state index in [0.29, 0.717) is 11.6 Å². The number of hydrogen-bond donors (Lipinski definition) is 1. The Morgan fingerprint density at radius 1 is 1.28 bits per heavy atom. The van der Waals surface area contributed by atoms with Crippen molar-refractivity contribution >= 4 is 23.4 Å². The van der Waals surface area contributed by atoms with Gasteiger partial charge in [0.15, 0.2) is 0 Å². The van der Waals surface area contributed by atoms with Gasteiger partial charge in [0.05, 0.1) is 0 Å². The van der Waals surface area contributed by atoms with Crippen LogP contribution in [0.5, 0.6) is 0 Å². The van der Waals surface area contributed by atoms with Gasteiger partial charge in [-0.2, -0.15) is 11.8 Å². The van der Waals surface area contributed by atoms with Crippen LogP contribution in [-0.4, -0.2) is 42.6 Å². The maximum Gasteiger partial charge on any atom is 0.125 e. The summed E-state index contributed by atoms with van der Waals surface area (Å²) in [7, 11) is 0. The van der Waals surface area contributed by atoms with E-state index in [1.807, 2.05) is 11.8 Å². The fraction of sp³-hybridized carbons (Fsp3) is 0.538. The third-order valence-electron chi connectivity index (χ3n) is 2.96. The van der Waals surface area contributed by atoms with E-state index in [2.05, 4.69) is 10.2 Å². The first-order valence-corrected chi connectivity index (χ1v) is 7.73. The molecule has 1 fully saturated rings. The molecule has 1 saturated heterocycles. The average molecular weight is 289 g/mol. The Labute approximate surface area is 117 Å². The van der Waals surface area contributed by atoms with Crippen molar-refractivity contribution in [1.82, 2.24) is 10.2 Å². The molecule has 0 amide bonds. The van der Waals surface area contributed by atoms with Gasteiger partial charge in [0.2, 0.25) is 0 Å². The summed E-state index contributed by atoms with van der Waals surface area (Å²) in [6.45, 7) is 5.01. The van der Waals surface area contributed by atoms with Crippen LogP contribution in [0.2, 0.25) is 5.02 Å². The molecular weight excluding hydrogens is 271 g/mol. The zero-order valence-electron chi connectivity index (χ0n) is 10.3. The van der Waals surface area contributed by atoms with Crippen molar-refractivity contribution in [3.63, 3.8) is 0 Å². The lowest BCUT2D eigenvalue weighted by atomic mass is 10.2. The second-order valence-corrected chi connectivity index (χ2v) is 6.07. The van der Waals surface area contributed by atoms with Crippen LogP contribution in [0.25, 0.3) is 0 Å². The van der Waals surface area contributed by atoms with Crippen LogP contribution >= 0.6 is 23.4 Å². The van der Waals surface area contributed by atoms with Gasteiger partial charge in [-0.1, -0.05) is 11.6 Å². The molecule has 1 aliphatic heterocycles. The van der Waals surface area contributed by atoms with Crippen molar-refractivity contribution in [1.29, 1.82) is 0 Å². The van der Waals surface area contributed by atoms with E-state index in [9.17, 15) is 4.39 Å².